The summed E-state index contributed by atoms with van der Waals surface area (Å²) in [5.74, 6) is -1.10. The largest absolute Gasteiger partial charge is 0.465 e. The molecule has 0 heterocycles. The van der Waals surface area contributed by atoms with E-state index in [0.717, 1.165) is 122 Å². The molecule has 0 aliphatic heterocycles. The van der Waals surface area contributed by atoms with E-state index in [1.807, 2.05) is 19.0 Å². The van der Waals surface area contributed by atoms with Crippen LogP contribution in [0.1, 0.15) is 266 Å². The van der Waals surface area contributed by atoms with Crippen molar-refractivity contribution < 1.29 is 42.9 Å². The van der Waals surface area contributed by atoms with Crippen LogP contribution in [0.25, 0.3) is 0 Å². The van der Waals surface area contributed by atoms with Gasteiger partial charge in [-0.1, -0.05) is 150 Å². The Morgan fingerprint density at radius 1 is 0.388 bits per heavy atom. The van der Waals surface area contributed by atoms with Crippen molar-refractivity contribution >= 4 is 29.8 Å². The van der Waals surface area contributed by atoms with Gasteiger partial charge in [-0.25, -0.2) is 0 Å². The van der Waals surface area contributed by atoms with Crippen molar-refractivity contribution in [1.82, 2.24) is 9.80 Å². The minimum Gasteiger partial charge on any atom is -0.465 e. The van der Waals surface area contributed by atoms with E-state index >= 15 is 0 Å². The Hall–Kier alpha value is -2.69. The second kappa shape index (κ2) is 47.0. The summed E-state index contributed by atoms with van der Waals surface area (Å²) < 4.78 is 23.1. The zero-order valence-electron chi connectivity index (χ0n) is 44.8. The van der Waals surface area contributed by atoms with Crippen LogP contribution in [0, 0.1) is 5.92 Å². The molecule has 0 fully saturated rings. The van der Waals surface area contributed by atoms with Gasteiger partial charge in [0.25, 0.3) is 0 Å². The molecule has 0 aromatic rings. The Morgan fingerprint density at radius 2 is 0.731 bits per heavy atom. The third-order valence-electron chi connectivity index (χ3n) is 12.9. The topological polar surface area (TPSA) is 129 Å². The Kier molecular flexibility index (Phi) is 45.1. The Labute approximate surface area is 412 Å². The van der Waals surface area contributed by atoms with Crippen LogP contribution < -0.4 is 0 Å². The minimum atomic E-state index is -0.344. The van der Waals surface area contributed by atoms with Crippen molar-refractivity contribution in [2.45, 2.75) is 278 Å². The van der Waals surface area contributed by atoms with Crippen LogP contribution in [0.15, 0.2) is 0 Å². The lowest BCUT2D eigenvalue weighted by Gasteiger charge is -2.28. The molecule has 0 aromatic heterocycles. The smallest absolute Gasteiger partial charge is 0.306 e. The maximum Gasteiger partial charge on any atom is 0.306 e. The summed E-state index contributed by atoms with van der Waals surface area (Å²) in [5.41, 5.74) is 0. The molecule has 0 spiro atoms. The lowest BCUT2D eigenvalue weighted by atomic mass is 10.1. The molecule has 0 aliphatic carbocycles. The molecular weight excluding hydrogens is 845 g/mol. The van der Waals surface area contributed by atoms with Crippen LogP contribution in [-0.4, -0.2) is 98.7 Å². The number of carbonyl (C=O) groups is 5. The van der Waals surface area contributed by atoms with Gasteiger partial charge in [0.2, 0.25) is 5.91 Å². The first-order valence-electron chi connectivity index (χ1n) is 28.1. The van der Waals surface area contributed by atoms with Gasteiger partial charge < -0.3 is 28.7 Å². The number of hydrogen-bond acceptors (Lipinski definition) is 10. The molecule has 11 nitrogen and oxygen atoms in total. The van der Waals surface area contributed by atoms with Crippen molar-refractivity contribution in [2.24, 2.45) is 5.92 Å². The molecule has 2 atom stereocenters. The quantitative estimate of drug-likeness (QED) is 0.0330. The number of rotatable bonds is 49. The summed E-state index contributed by atoms with van der Waals surface area (Å²) in [6.07, 6.45) is 33.3. The SMILES string of the molecule is CCCCCCCCC(CC)OC(=O)CCCCCCC(=O)OCC(COC(=O)CCCCCCC(=O)OC(CC)CCCCCCCC)CN(CCCCN(C)C)C(=O)CCCCCCC. The highest BCUT2D eigenvalue weighted by molar-refractivity contribution is 5.76. The monoisotopic (exact) mass is 951 g/mol. The molecule has 0 rings (SSSR count). The average Bonchev–Trinajstić information content (AvgIpc) is 3.31. The number of unbranched alkanes of at least 4 members (excludes halogenated alkanes) is 21. The van der Waals surface area contributed by atoms with Gasteiger partial charge >= 0.3 is 23.9 Å². The zero-order valence-corrected chi connectivity index (χ0v) is 44.8. The van der Waals surface area contributed by atoms with Crippen LogP contribution in [0.5, 0.6) is 0 Å². The molecule has 11 heteroatoms. The summed E-state index contributed by atoms with van der Waals surface area (Å²) in [7, 11) is 4.09. The summed E-state index contributed by atoms with van der Waals surface area (Å²) in [6.45, 7) is 12.8. The number of nitrogens with zero attached hydrogens (tertiary/aromatic N) is 2. The van der Waals surface area contributed by atoms with Crippen molar-refractivity contribution in [3.63, 3.8) is 0 Å². The molecule has 0 radical (unpaired) electrons. The van der Waals surface area contributed by atoms with E-state index in [1.54, 1.807) is 0 Å². The first-order valence-corrected chi connectivity index (χ1v) is 28.1. The van der Waals surface area contributed by atoms with Crippen molar-refractivity contribution in [1.29, 1.82) is 0 Å². The molecule has 394 valence electrons. The maximum absolute atomic E-state index is 13.6. The van der Waals surface area contributed by atoms with E-state index in [1.165, 1.54) is 70.6 Å². The number of ether oxygens (including phenoxy) is 4. The maximum atomic E-state index is 13.6. The Balaban J connectivity index is 5.05. The van der Waals surface area contributed by atoms with Gasteiger partial charge in [0.05, 0.1) is 13.2 Å². The molecule has 0 N–H and O–H groups in total. The Bertz CT molecular complexity index is 1130. The normalized spacial score (nSPS) is 12.7. The van der Waals surface area contributed by atoms with E-state index in [9.17, 15) is 24.0 Å². The molecule has 67 heavy (non-hydrogen) atoms. The molecule has 2 unspecified atom stereocenters. The number of esters is 4. The first-order chi connectivity index (χ1) is 32.5. The molecule has 0 aromatic carbocycles. The number of carbonyl (C=O) groups excluding carboxylic acids is 5. The van der Waals surface area contributed by atoms with Crippen LogP contribution in [0.2, 0.25) is 0 Å². The van der Waals surface area contributed by atoms with Crippen molar-refractivity contribution in [3.8, 4) is 0 Å². The highest BCUT2D eigenvalue weighted by Crippen LogP contribution is 2.18. The predicted molar refractivity (Wildman–Crippen MR) is 275 cm³/mol. The van der Waals surface area contributed by atoms with Crippen molar-refractivity contribution in [3.05, 3.63) is 0 Å². The molecule has 0 saturated carbocycles. The van der Waals surface area contributed by atoms with Gasteiger partial charge in [-0.3, -0.25) is 24.0 Å². The molecular formula is C56H106N2O9. The predicted octanol–water partition coefficient (Wildman–Crippen LogP) is 14.0. The lowest BCUT2D eigenvalue weighted by molar-refractivity contribution is -0.151. The van der Waals surface area contributed by atoms with Crippen LogP contribution >= 0.6 is 0 Å². The van der Waals surface area contributed by atoms with Gasteiger partial charge in [0.1, 0.15) is 12.2 Å². The van der Waals surface area contributed by atoms with E-state index in [2.05, 4.69) is 39.5 Å². The standard InChI is InChI=1S/C56H106N2O9/c1-8-13-16-19-22-28-37-50(11-4)66-55(62)42-33-26-24-31-40-53(60)64-47-49(46-58(45-36-35-44-57(6)7)52(59)39-30-21-18-15-10-3)48-65-54(61)41-32-25-27-34-43-56(63)67-51(12-5)38-29-23-20-17-14-9-2/h49-51H,8-48H2,1-7H3. The van der Waals surface area contributed by atoms with E-state index < -0.39 is 0 Å². The van der Waals surface area contributed by atoms with Gasteiger partial charge in [-0.05, 0) is 104 Å². The summed E-state index contributed by atoms with van der Waals surface area (Å²) >= 11 is 0. The van der Waals surface area contributed by atoms with E-state index in [4.69, 9.17) is 18.9 Å². The second-order valence-electron chi connectivity index (χ2n) is 19.7. The molecule has 0 aliphatic rings. The lowest BCUT2D eigenvalue weighted by Crippen LogP contribution is -2.39. The van der Waals surface area contributed by atoms with Gasteiger partial charge in [-0.15, -0.1) is 0 Å². The minimum absolute atomic E-state index is 0.00252. The number of hydrogen-bond donors (Lipinski definition) is 0. The molecule has 0 saturated heterocycles. The van der Waals surface area contributed by atoms with Crippen LogP contribution in [0.3, 0.4) is 0 Å². The van der Waals surface area contributed by atoms with E-state index in [-0.39, 0.29) is 74.0 Å². The van der Waals surface area contributed by atoms with Gasteiger partial charge in [-0.2, -0.15) is 0 Å². The average molecular weight is 951 g/mol. The third-order valence-corrected chi connectivity index (χ3v) is 12.9. The fourth-order valence-electron chi connectivity index (χ4n) is 8.39. The van der Waals surface area contributed by atoms with Gasteiger partial charge in [0.15, 0.2) is 0 Å². The first kappa shape index (κ1) is 64.3. The molecule has 0 bridgehead atoms. The summed E-state index contributed by atoms with van der Waals surface area (Å²) in [5, 5.41) is 0. The third kappa shape index (κ3) is 42.0. The highest BCUT2D eigenvalue weighted by Gasteiger charge is 2.23. The summed E-state index contributed by atoms with van der Waals surface area (Å²) in [4.78, 5) is 68.6. The van der Waals surface area contributed by atoms with E-state index in [0.29, 0.717) is 45.2 Å². The zero-order chi connectivity index (χ0) is 49.6. The highest BCUT2D eigenvalue weighted by atomic mass is 16.6. The van der Waals surface area contributed by atoms with Crippen LogP contribution in [-0.2, 0) is 42.9 Å². The fourth-order valence-corrected chi connectivity index (χ4v) is 8.39. The summed E-state index contributed by atoms with van der Waals surface area (Å²) in [6, 6.07) is 0. The fraction of sp³-hybridized carbons (Fsp3) is 0.911. The van der Waals surface area contributed by atoms with Crippen LogP contribution in [0.4, 0.5) is 0 Å². The molecule has 1 amide bonds. The van der Waals surface area contributed by atoms with Gasteiger partial charge in [0, 0.05) is 51.1 Å². The number of amides is 1. The van der Waals surface area contributed by atoms with Crippen molar-refractivity contribution in [2.75, 3.05) is 46.9 Å². The second-order valence-corrected chi connectivity index (χ2v) is 19.7. The Morgan fingerprint density at radius 3 is 1.12 bits per heavy atom.